The second kappa shape index (κ2) is 4.63. The van der Waals surface area contributed by atoms with Gasteiger partial charge in [0.15, 0.2) is 0 Å². The van der Waals surface area contributed by atoms with Gasteiger partial charge in [0.25, 0.3) is 5.56 Å². The summed E-state index contributed by atoms with van der Waals surface area (Å²) in [7, 11) is 0. The molecule has 1 fully saturated rings. The zero-order valence-corrected chi connectivity index (χ0v) is 10.5. The molecule has 1 aromatic rings. The van der Waals surface area contributed by atoms with Crippen molar-refractivity contribution < 1.29 is 4.79 Å². The van der Waals surface area contributed by atoms with Crippen LogP contribution < -0.4 is 5.56 Å². The lowest BCUT2D eigenvalue weighted by Crippen LogP contribution is -2.41. The molecule has 1 amide bonds. The van der Waals surface area contributed by atoms with Crippen molar-refractivity contribution in [3.63, 3.8) is 0 Å². The lowest BCUT2D eigenvalue weighted by atomic mass is 9.88. The SMILES string of the molecule is O=C(C1CCCCC1)N1CCc2c([nH][nH]c2=O)C1. The third-order valence-electron chi connectivity index (χ3n) is 4.21. The average Bonchev–Trinajstić information content (AvgIpc) is 2.80. The number of nitrogens with zero attached hydrogens (tertiary/aromatic N) is 1. The first-order chi connectivity index (χ1) is 8.75. The molecule has 3 rings (SSSR count). The van der Waals surface area contributed by atoms with E-state index in [0.717, 1.165) is 24.1 Å². The molecular formula is C13H19N3O2. The largest absolute Gasteiger partial charge is 0.336 e. The molecule has 2 heterocycles. The summed E-state index contributed by atoms with van der Waals surface area (Å²) in [4.78, 5) is 25.8. The summed E-state index contributed by atoms with van der Waals surface area (Å²) < 4.78 is 0. The maximum atomic E-state index is 12.4. The number of carbonyl (C=O) groups is 1. The van der Waals surface area contributed by atoms with Gasteiger partial charge in [-0.05, 0) is 19.3 Å². The topological polar surface area (TPSA) is 69.0 Å². The smallest absolute Gasteiger partial charge is 0.267 e. The van der Waals surface area contributed by atoms with Gasteiger partial charge in [-0.15, -0.1) is 0 Å². The highest BCUT2D eigenvalue weighted by Crippen LogP contribution is 2.27. The average molecular weight is 249 g/mol. The Balaban J connectivity index is 1.71. The summed E-state index contributed by atoms with van der Waals surface area (Å²) in [6, 6.07) is 0. The molecule has 0 aromatic carbocycles. The number of hydrogen-bond acceptors (Lipinski definition) is 2. The van der Waals surface area contributed by atoms with E-state index in [4.69, 9.17) is 0 Å². The minimum absolute atomic E-state index is 0.0326. The summed E-state index contributed by atoms with van der Waals surface area (Å²) >= 11 is 0. The van der Waals surface area contributed by atoms with Gasteiger partial charge in [-0.1, -0.05) is 19.3 Å². The molecule has 1 saturated carbocycles. The predicted molar refractivity (Wildman–Crippen MR) is 67.1 cm³/mol. The fourth-order valence-electron chi connectivity index (χ4n) is 3.13. The normalized spacial score (nSPS) is 20.8. The van der Waals surface area contributed by atoms with Crippen LogP contribution in [0.25, 0.3) is 0 Å². The predicted octanol–water partition coefficient (Wildman–Crippen LogP) is 1.17. The van der Waals surface area contributed by atoms with E-state index in [-0.39, 0.29) is 17.4 Å². The van der Waals surface area contributed by atoms with Gasteiger partial charge in [0.05, 0.1) is 12.2 Å². The first-order valence-corrected chi connectivity index (χ1v) is 6.83. The van der Waals surface area contributed by atoms with Crippen LogP contribution in [-0.4, -0.2) is 27.5 Å². The van der Waals surface area contributed by atoms with Crippen LogP contribution in [0.4, 0.5) is 0 Å². The monoisotopic (exact) mass is 249 g/mol. The Labute approximate surface area is 106 Å². The lowest BCUT2D eigenvalue weighted by molar-refractivity contribution is -0.137. The second-order valence-electron chi connectivity index (χ2n) is 5.38. The van der Waals surface area contributed by atoms with Crippen LogP contribution in [0.5, 0.6) is 0 Å². The third kappa shape index (κ3) is 1.98. The summed E-state index contributed by atoms with van der Waals surface area (Å²) in [5, 5.41) is 5.48. The highest BCUT2D eigenvalue weighted by Gasteiger charge is 2.29. The Morgan fingerprint density at radius 1 is 1.17 bits per heavy atom. The summed E-state index contributed by atoms with van der Waals surface area (Å²) in [5.41, 5.74) is 1.67. The molecule has 0 spiro atoms. The van der Waals surface area contributed by atoms with Crippen molar-refractivity contribution in [3.05, 3.63) is 21.6 Å². The maximum Gasteiger partial charge on any atom is 0.267 e. The van der Waals surface area contributed by atoms with Crippen molar-refractivity contribution in [1.82, 2.24) is 15.1 Å². The number of nitrogens with one attached hydrogen (secondary N) is 2. The first kappa shape index (κ1) is 11.6. The van der Waals surface area contributed by atoms with E-state index in [1.165, 1.54) is 19.3 Å². The standard InChI is InChI=1S/C13H19N3O2/c17-12-10-6-7-16(8-11(10)14-15-12)13(18)9-4-2-1-3-5-9/h9H,1-8H2,(H2,14,15,17). The van der Waals surface area contributed by atoms with Crippen molar-refractivity contribution >= 4 is 5.91 Å². The van der Waals surface area contributed by atoms with Gasteiger partial charge in [0, 0.05) is 18.0 Å². The summed E-state index contributed by atoms with van der Waals surface area (Å²) in [5.74, 6) is 0.494. The van der Waals surface area contributed by atoms with Crippen LogP contribution in [0, 0.1) is 5.92 Å². The van der Waals surface area contributed by atoms with E-state index in [0.29, 0.717) is 19.5 Å². The fourth-order valence-corrected chi connectivity index (χ4v) is 3.13. The van der Waals surface area contributed by atoms with Crippen LogP contribution in [0.15, 0.2) is 4.79 Å². The maximum absolute atomic E-state index is 12.4. The van der Waals surface area contributed by atoms with E-state index in [9.17, 15) is 9.59 Å². The van der Waals surface area contributed by atoms with Crippen molar-refractivity contribution in [2.45, 2.75) is 45.1 Å². The van der Waals surface area contributed by atoms with E-state index in [1.807, 2.05) is 4.90 Å². The Morgan fingerprint density at radius 3 is 2.72 bits per heavy atom. The van der Waals surface area contributed by atoms with Crippen LogP contribution in [0.3, 0.4) is 0 Å². The van der Waals surface area contributed by atoms with E-state index in [2.05, 4.69) is 10.2 Å². The summed E-state index contributed by atoms with van der Waals surface area (Å²) in [6.45, 7) is 1.24. The number of aromatic nitrogens is 2. The number of fused-ring (bicyclic) bond motifs is 1. The Kier molecular flexibility index (Phi) is 2.97. The molecule has 0 radical (unpaired) electrons. The molecular weight excluding hydrogens is 230 g/mol. The van der Waals surface area contributed by atoms with Gasteiger partial charge in [-0.25, -0.2) is 0 Å². The zero-order valence-electron chi connectivity index (χ0n) is 10.5. The number of carbonyl (C=O) groups excluding carboxylic acids is 1. The van der Waals surface area contributed by atoms with Crippen molar-refractivity contribution in [3.8, 4) is 0 Å². The Morgan fingerprint density at radius 2 is 1.94 bits per heavy atom. The highest BCUT2D eigenvalue weighted by atomic mass is 16.2. The van der Waals surface area contributed by atoms with Gasteiger partial charge in [-0.2, -0.15) is 0 Å². The summed E-state index contributed by atoms with van der Waals surface area (Å²) in [6.07, 6.45) is 6.36. The number of amides is 1. The van der Waals surface area contributed by atoms with Gasteiger partial charge in [-0.3, -0.25) is 14.7 Å². The highest BCUT2D eigenvalue weighted by molar-refractivity contribution is 5.79. The second-order valence-corrected chi connectivity index (χ2v) is 5.38. The molecule has 98 valence electrons. The quantitative estimate of drug-likeness (QED) is 0.784. The Hall–Kier alpha value is -1.52. The number of aromatic amines is 2. The van der Waals surface area contributed by atoms with Gasteiger partial charge in [0.1, 0.15) is 0 Å². The first-order valence-electron chi connectivity index (χ1n) is 6.83. The molecule has 5 heteroatoms. The molecule has 5 nitrogen and oxygen atoms in total. The molecule has 1 aliphatic carbocycles. The van der Waals surface area contributed by atoms with Gasteiger partial charge < -0.3 is 10.00 Å². The van der Waals surface area contributed by atoms with Crippen LogP contribution in [0.1, 0.15) is 43.4 Å². The lowest BCUT2D eigenvalue weighted by Gasteiger charge is -2.31. The molecule has 0 bridgehead atoms. The molecule has 2 aliphatic rings. The molecule has 2 N–H and O–H groups in total. The molecule has 18 heavy (non-hydrogen) atoms. The number of H-pyrrole nitrogens is 2. The van der Waals surface area contributed by atoms with Gasteiger partial charge >= 0.3 is 0 Å². The van der Waals surface area contributed by atoms with Crippen LogP contribution in [-0.2, 0) is 17.8 Å². The Bertz CT molecular complexity index is 497. The molecule has 0 unspecified atom stereocenters. The zero-order chi connectivity index (χ0) is 12.5. The minimum Gasteiger partial charge on any atom is -0.336 e. The molecule has 0 atom stereocenters. The van der Waals surface area contributed by atoms with Crippen molar-refractivity contribution in [2.24, 2.45) is 5.92 Å². The van der Waals surface area contributed by atoms with E-state index in [1.54, 1.807) is 0 Å². The molecule has 1 aromatic heterocycles. The third-order valence-corrected chi connectivity index (χ3v) is 4.21. The minimum atomic E-state index is -0.0326. The van der Waals surface area contributed by atoms with Crippen LogP contribution in [0.2, 0.25) is 0 Å². The number of rotatable bonds is 1. The number of hydrogen-bond donors (Lipinski definition) is 2. The molecule has 0 saturated heterocycles. The van der Waals surface area contributed by atoms with Crippen molar-refractivity contribution in [1.29, 1.82) is 0 Å². The van der Waals surface area contributed by atoms with E-state index < -0.39 is 0 Å². The van der Waals surface area contributed by atoms with Crippen LogP contribution >= 0.6 is 0 Å². The molecule has 1 aliphatic heterocycles. The van der Waals surface area contributed by atoms with E-state index >= 15 is 0 Å². The van der Waals surface area contributed by atoms with Gasteiger partial charge in [0.2, 0.25) is 5.91 Å². The fraction of sp³-hybridized carbons (Fsp3) is 0.692. The van der Waals surface area contributed by atoms with Crippen molar-refractivity contribution in [2.75, 3.05) is 6.54 Å².